The second-order valence-electron chi connectivity index (χ2n) is 4.43. The van der Waals surface area contributed by atoms with Crippen LogP contribution in [0.5, 0.6) is 0 Å². The van der Waals surface area contributed by atoms with Gasteiger partial charge in [-0.3, -0.25) is 4.79 Å². The molecule has 1 amide bonds. The molecule has 0 aromatic heterocycles. The van der Waals surface area contributed by atoms with Gasteiger partial charge in [0.05, 0.1) is 5.60 Å². The van der Waals surface area contributed by atoms with Crippen LogP contribution in [0.2, 0.25) is 0 Å². The number of amides is 1. The SMILES string of the molecule is CCCOCC(=O)N1CCC(C)(O)CC1. The summed E-state index contributed by atoms with van der Waals surface area (Å²) in [6.07, 6.45) is 2.25. The number of likely N-dealkylation sites (tertiary alicyclic amines) is 1. The van der Waals surface area contributed by atoms with Gasteiger partial charge in [-0.15, -0.1) is 0 Å². The van der Waals surface area contributed by atoms with Crippen molar-refractivity contribution in [2.24, 2.45) is 0 Å². The van der Waals surface area contributed by atoms with Crippen molar-refractivity contribution in [3.05, 3.63) is 0 Å². The Kier molecular flexibility index (Phi) is 4.54. The molecule has 1 rings (SSSR count). The van der Waals surface area contributed by atoms with Crippen molar-refractivity contribution >= 4 is 5.91 Å². The van der Waals surface area contributed by atoms with Gasteiger partial charge in [0.1, 0.15) is 6.61 Å². The van der Waals surface area contributed by atoms with Gasteiger partial charge in [-0.05, 0) is 26.2 Å². The molecule has 0 spiro atoms. The predicted molar refractivity (Wildman–Crippen MR) is 57.5 cm³/mol. The minimum absolute atomic E-state index is 0.0407. The van der Waals surface area contributed by atoms with Crippen LogP contribution in [0.4, 0.5) is 0 Å². The monoisotopic (exact) mass is 215 g/mol. The van der Waals surface area contributed by atoms with E-state index in [-0.39, 0.29) is 12.5 Å². The zero-order valence-corrected chi connectivity index (χ0v) is 9.66. The van der Waals surface area contributed by atoms with Crippen LogP contribution in [0.15, 0.2) is 0 Å². The zero-order valence-electron chi connectivity index (χ0n) is 9.66. The average Bonchev–Trinajstić information content (AvgIpc) is 2.18. The summed E-state index contributed by atoms with van der Waals surface area (Å²) in [6.45, 7) is 5.93. The van der Waals surface area contributed by atoms with Crippen molar-refractivity contribution in [1.82, 2.24) is 4.90 Å². The second kappa shape index (κ2) is 5.47. The van der Waals surface area contributed by atoms with Gasteiger partial charge in [0.2, 0.25) is 5.91 Å². The average molecular weight is 215 g/mol. The van der Waals surface area contributed by atoms with Crippen molar-refractivity contribution in [3.8, 4) is 0 Å². The predicted octanol–water partition coefficient (Wildman–Crippen LogP) is 0.786. The molecule has 88 valence electrons. The Hall–Kier alpha value is -0.610. The summed E-state index contributed by atoms with van der Waals surface area (Å²) in [4.78, 5) is 13.4. The fraction of sp³-hybridized carbons (Fsp3) is 0.909. The number of carbonyl (C=O) groups excluding carboxylic acids is 1. The molecule has 0 bridgehead atoms. The lowest BCUT2D eigenvalue weighted by Gasteiger charge is -2.35. The van der Waals surface area contributed by atoms with Crippen molar-refractivity contribution in [2.75, 3.05) is 26.3 Å². The fourth-order valence-electron chi connectivity index (χ4n) is 1.63. The van der Waals surface area contributed by atoms with Crippen molar-refractivity contribution < 1.29 is 14.6 Å². The molecule has 1 aliphatic rings. The summed E-state index contributed by atoms with van der Waals surface area (Å²) in [5.74, 6) is 0.0407. The highest BCUT2D eigenvalue weighted by Crippen LogP contribution is 2.20. The molecular weight excluding hydrogens is 194 g/mol. The van der Waals surface area contributed by atoms with Crippen LogP contribution < -0.4 is 0 Å². The lowest BCUT2D eigenvalue weighted by atomic mass is 9.94. The summed E-state index contributed by atoms with van der Waals surface area (Å²) in [7, 11) is 0. The largest absolute Gasteiger partial charge is 0.390 e. The Labute approximate surface area is 91.2 Å². The summed E-state index contributed by atoms with van der Waals surface area (Å²) < 4.78 is 5.20. The third-order valence-electron chi connectivity index (χ3n) is 2.77. The molecule has 0 aromatic rings. The fourth-order valence-corrected chi connectivity index (χ4v) is 1.63. The number of carbonyl (C=O) groups is 1. The minimum atomic E-state index is -0.596. The molecule has 0 aromatic carbocycles. The number of hydrogen-bond acceptors (Lipinski definition) is 3. The highest BCUT2D eigenvalue weighted by molar-refractivity contribution is 5.77. The smallest absolute Gasteiger partial charge is 0.248 e. The van der Waals surface area contributed by atoms with Crippen LogP contribution in [0.1, 0.15) is 33.1 Å². The van der Waals surface area contributed by atoms with E-state index in [0.29, 0.717) is 32.5 Å². The Balaban J connectivity index is 2.24. The number of aliphatic hydroxyl groups is 1. The maximum Gasteiger partial charge on any atom is 0.248 e. The van der Waals surface area contributed by atoms with E-state index in [4.69, 9.17) is 4.74 Å². The van der Waals surface area contributed by atoms with E-state index in [0.717, 1.165) is 6.42 Å². The Morgan fingerprint density at radius 3 is 2.60 bits per heavy atom. The van der Waals surface area contributed by atoms with E-state index in [1.54, 1.807) is 4.90 Å². The number of piperidine rings is 1. The van der Waals surface area contributed by atoms with Gasteiger partial charge in [-0.25, -0.2) is 0 Å². The molecule has 1 heterocycles. The molecule has 0 atom stereocenters. The topological polar surface area (TPSA) is 49.8 Å². The summed E-state index contributed by atoms with van der Waals surface area (Å²) in [6, 6.07) is 0. The molecular formula is C11H21NO3. The lowest BCUT2D eigenvalue weighted by Crippen LogP contribution is -2.46. The standard InChI is InChI=1S/C11H21NO3/c1-3-8-15-9-10(13)12-6-4-11(2,14)5-7-12/h14H,3-9H2,1-2H3. The number of hydrogen-bond donors (Lipinski definition) is 1. The first kappa shape index (κ1) is 12.5. The molecule has 4 heteroatoms. The molecule has 15 heavy (non-hydrogen) atoms. The van der Waals surface area contributed by atoms with Gasteiger partial charge >= 0.3 is 0 Å². The van der Waals surface area contributed by atoms with Crippen LogP contribution in [0, 0.1) is 0 Å². The number of rotatable bonds is 4. The second-order valence-corrected chi connectivity index (χ2v) is 4.43. The zero-order chi connectivity index (χ0) is 11.3. The normalized spacial score (nSPS) is 20.3. The molecule has 0 radical (unpaired) electrons. The number of ether oxygens (including phenoxy) is 1. The van der Waals surface area contributed by atoms with Crippen molar-refractivity contribution in [1.29, 1.82) is 0 Å². The maximum atomic E-state index is 11.6. The Bertz CT molecular complexity index is 206. The van der Waals surface area contributed by atoms with Crippen LogP contribution in [-0.2, 0) is 9.53 Å². The van der Waals surface area contributed by atoms with Gasteiger partial charge in [-0.2, -0.15) is 0 Å². The molecule has 1 aliphatic heterocycles. The Morgan fingerprint density at radius 2 is 2.07 bits per heavy atom. The first-order valence-corrected chi connectivity index (χ1v) is 5.63. The Morgan fingerprint density at radius 1 is 1.47 bits per heavy atom. The van der Waals surface area contributed by atoms with Crippen molar-refractivity contribution in [2.45, 2.75) is 38.7 Å². The first-order chi connectivity index (χ1) is 7.05. The maximum absolute atomic E-state index is 11.6. The van der Waals surface area contributed by atoms with Crippen LogP contribution >= 0.6 is 0 Å². The molecule has 1 fully saturated rings. The van der Waals surface area contributed by atoms with Gasteiger partial charge in [0.25, 0.3) is 0 Å². The highest BCUT2D eigenvalue weighted by atomic mass is 16.5. The summed E-state index contributed by atoms with van der Waals surface area (Å²) >= 11 is 0. The quantitative estimate of drug-likeness (QED) is 0.705. The molecule has 1 saturated heterocycles. The molecule has 1 N–H and O–H groups in total. The van der Waals surface area contributed by atoms with Crippen LogP contribution in [0.3, 0.4) is 0 Å². The molecule has 0 saturated carbocycles. The highest BCUT2D eigenvalue weighted by Gasteiger charge is 2.29. The van der Waals surface area contributed by atoms with E-state index in [1.165, 1.54) is 0 Å². The van der Waals surface area contributed by atoms with Crippen molar-refractivity contribution in [3.63, 3.8) is 0 Å². The van der Waals surface area contributed by atoms with E-state index in [1.807, 2.05) is 13.8 Å². The number of nitrogens with zero attached hydrogens (tertiary/aromatic N) is 1. The van der Waals surface area contributed by atoms with E-state index < -0.39 is 5.60 Å². The summed E-state index contributed by atoms with van der Waals surface area (Å²) in [5, 5.41) is 9.72. The molecule has 4 nitrogen and oxygen atoms in total. The van der Waals surface area contributed by atoms with E-state index in [9.17, 15) is 9.90 Å². The third-order valence-corrected chi connectivity index (χ3v) is 2.77. The van der Waals surface area contributed by atoms with E-state index in [2.05, 4.69) is 0 Å². The van der Waals surface area contributed by atoms with Crippen LogP contribution in [0.25, 0.3) is 0 Å². The van der Waals surface area contributed by atoms with Gasteiger partial charge in [-0.1, -0.05) is 6.92 Å². The molecule has 0 unspecified atom stereocenters. The summed E-state index contributed by atoms with van der Waals surface area (Å²) in [5.41, 5.74) is -0.596. The van der Waals surface area contributed by atoms with Crippen LogP contribution in [-0.4, -0.2) is 47.8 Å². The third kappa shape index (κ3) is 4.18. The van der Waals surface area contributed by atoms with Gasteiger partial charge in [0.15, 0.2) is 0 Å². The first-order valence-electron chi connectivity index (χ1n) is 5.63. The lowest BCUT2D eigenvalue weighted by molar-refractivity contribution is -0.139. The van der Waals surface area contributed by atoms with E-state index >= 15 is 0 Å². The van der Waals surface area contributed by atoms with Gasteiger partial charge < -0.3 is 14.7 Å². The van der Waals surface area contributed by atoms with Gasteiger partial charge in [0, 0.05) is 19.7 Å². The molecule has 0 aliphatic carbocycles. The minimum Gasteiger partial charge on any atom is -0.390 e.